The Morgan fingerprint density at radius 3 is 2.94 bits per heavy atom. The summed E-state index contributed by atoms with van der Waals surface area (Å²) in [6.07, 6.45) is 0. The summed E-state index contributed by atoms with van der Waals surface area (Å²) >= 11 is 5.67. The zero-order valence-corrected chi connectivity index (χ0v) is 9.57. The lowest BCUT2D eigenvalue weighted by Gasteiger charge is -2.03. The molecule has 5 heteroatoms. The summed E-state index contributed by atoms with van der Waals surface area (Å²) < 4.78 is 6.33. The average Bonchev–Trinajstić information content (AvgIpc) is 2.66. The van der Waals surface area contributed by atoms with Crippen molar-refractivity contribution in [2.24, 2.45) is 0 Å². The molecule has 0 aliphatic carbocycles. The van der Waals surface area contributed by atoms with Crippen molar-refractivity contribution in [3.63, 3.8) is 0 Å². The van der Waals surface area contributed by atoms with Crippen LogP contribution in [-0.4, -0.2) is 28.7 Å². The number of fused-ring (bicyclic) bond motifs is 1. The Hall–Kier alpha value is -1.55. The van der Waals surface area contributed by atoms with Gasteiger partial charge in [-0.25, -0.2) is 4.79 Å². The molecule has 0 spiro atoms. The lowest BCUT2D eigenvalue weighted by molar-refractivity contribution is 0.0589. The van der Waals surface area contributed by atoms with E-state index in [4.69, 9.17) is 16.3 Å². The van der Waals surface area contributed by atoms with E-state index in [0.717, 1.165) is 10.9 Å². The Morgan fingerprint density at radius 1 is 1.50 bits per heavy atom. The zero-order chi connectivity index (χ0) is 11.5. The van der Waals surface area contributed by atoms with E-state index >= 15 is 0 Å². The van der Waals surface area contributed by atoms with Gasteiger partial charge in [-0.2, -0.15) is 5.10 Å². The number of aryl methyl sites for hydroxylation is 1. The third-order valence-corrected chi connectivity index (χ3v) is 2.49. The number of methoxy groups -OCH3 is 1. The van der Waals surface area contributed by atoms with Gasteiger partial charge in [0.15, 0.2) is 5.69 Å². The minimum absolute atomic E-state index is 0.390. The van der Waals surface area contributed by atoms with E-state index < -0.39 is 0 Å². The van der Waals surface area contributed by atoms with Gasteiger partial charge in [0, 0.05) is 11.3 Å². The molecular weight excluding hydrogens is 228 g/mol. The van der Waals surface area contributed by atoms with E-state index in [2.05, 4.69) is 5.10 Å². The molecule has 2 rings (SSSR count). The number of ether oxygens (including phenoxy) is 1. The van der Waals surface area contributed by atoms with Crippen LogP contribution in [0.25, 0.3) is 10.9 Å². The van der Waals surface area contributed by atoms with Gasteiger partial charge < -0.3 is 4.74 Å². The molecule has 0 aliphatic heterocycles. The van der Waals surface area contributed by atoms with Crippen LogP contribution in [-0.2, 0) is 11.3 Å². The summed E-state index contributed by atoms with van der Waals surface area (Å²) in [5.41, 5.74) is 1.23. The van der Waals surface area contributed by atoms with E-state index in [1.165, 1.54) is 7.11 Å². The molecule has 4 nitrogen and oxygen atoms in total. The molecule has 0 aliphatic rings. The zero-order valence-electron chi connectivity index (χ0n) is 8.81. The summed E-state index contributed by atoms with van der Waals surface area (Å²) in [6, 6.07) is 7.44. The van der Waals surface area contributed by atoms with Crippen LogP contribution in [0, 0.1) is 0 Å². The van der Waals surface area contributed by atoms with Gasteiger partial charge in [-0.15, -0.1) is 11.6 Å². The standard InChI is InChI=1S/C11H11ClN2O2/c1-16-11(15)10-8-4-2-3-5-9(8)13-14(10)7-6-12/h2-5H,6-7H2,1H3. The number of hydrogen-bond acceptors (Lipinski definition) is 3. The third-order valence-electron chi connectivity index (χ3n) is 2.32. The van der Waals surface area contributed by atoms with Gasteiger partial charge in [0.2, 0.25) is 0 Å². The summed E-state index contributed by atoms with van der Waals surface area (Å²) in [5.74, 6) is 0.0108. The van der Waals surface area contributed by atoms with Crippen LogP contribution >= 0.6 is 11.6 Å². The summed E-state index contributed by atoms with van der Waals surface area (Å²) in [6.45, 7) is 0.487. The molecule has 1 aromatic carbocycles. The van der Waals surface area contributed by atoms with Crippen LogP contribution in [0.1, 0.15) is 10.5 Å². The quantitative estimate of drug-likeness (QED) is 0.607. The van der Waals surface area contributed by atoms with Gasteiger partial charge in [-0.1, -0.05) is 18.2 Å². The topological polar surface area (TPSA) is 44.1 Å². The van der Waals surface area contributed by atoms with Crippen molar-refractivity contribution in [1.82, 2.24) is 9.78 Å². The Labute approximate surface area is 97.8 Å². The fourth-order valence-corrected chi connectivity index (χ4v) is 1.79. The normalized spacial score (nSPS) is 10.6. The fourth-order valence-electron chi connectivity index (χ4n) is 1.63. The first kappa shape index (κ1) is 11.0. The molecule has 0 amide bonds. The molecule has 2 aromatic rings. The maximum absolute atomic E-state index is 11.7. The lowest BCUT2D eigenvalue weighted by Crippen LogP contribution is -2.12. The van der Waals surface area contributed by atoms with E-state index in [9.17, 15) is 4.79 Å². The number of alkyl halides is 1. The number of carbonyl (C=O) groups excluding carboxylic acids is 1. The molecule has 0 bridgehead atoms. The molecule has 0 unspecified atom stereocenters. The molecular formula is C11H11ClN2O2. The SMILES string of the molecule is COC(=O)c1c2ccccc2nn1CCCl. The molecule has 0 fully saturated rings. The van der Waals surface area contributed by atoms with Gasteiger partial charge in [-0.3, -0.25) is 4.68 Å². The van der Waals surface area contributed by atoms with Crippen LogP contribution in [0.5, 0.6) is 0 Å². The second-order valence-corrected chi connectivity index (χ2v) is 3.65. The predicted molar refractivity (Wildman–Crippen MR) is 61.8 cm³/mol. The number of esters is 1. The van der Waals surface area contributed by atoms with Crippen molar-refractivity contribution in [3.05, 3.63) is 30.0 Å². The predicted octanol–water partition coefficient (Wildman–Crippen LogP) is 2.06. The molecule has 0 radical (unpaired) electrons. The summed E-state index contributed by atoms with van der Waals surface area (Å²) in [7, 11) is 1.36. The first-order chi connectivity index (χ1) is 7.77. The van der Waals surface area contributed by atoms with Crippen LogP contribution < -0.4 is 0 Å². The van der Waals surface area contributed by atoms with Crippen molar-refractivity contribution in [2.75, 3.05) is 13.0 Å². The van der Waals surface area contributed by atoms with Crippen molar-refractivity contribution in [1.29, 1.82) is 0 Å². The van der Waals surface area contributed by atoms with Gasteiger partial charge in [0.1, 0.15) is 0 Å². The van der Waals surface area contributed by atoms with Gasteiger partial charge in [0.05, 0.1) is 19.2 Å². The Kier molecular flexibility index (Phi) is 3.10. The largest absolute Gasteiger partial charge is 0.464 e. The van der Waals surface area contributed by atoms with Crippen molar-refractivity contribution in [3.8, 4) is 0 Å². The monoisotopic (exact) mass is 238 g/mol. The highest BCUT2D eigenvalue weighted by molar-refractivity contribution is 6.17. The van der Waals surface area contributed by atoms with Crippen molar-refractivity contribution < 1.29 is 9.53 Å². The Morgan fingerprint density at radius 2 is 2.25 bits per heavy atom. The van der Waals surface area contributed by atoms with Crippen LogP contribution in [0.2, 0.25) is 0 Å². The van der Waals surface area contributed by atoms with E-state index in [1.54, 1.807) is 4.68 Å². The minimum Gasteiger partial charge on any atom is -0.464 e. The van der Waals surface area contributed by atoms with E-state index in [0.29, 0.717) is 18.1 Å². The maximum atomic E-state index is 11.7. The number of halogens is 1. The highest BCUT2D eigenvalue weighted by atomic mass is 35.5. The van der Waals surface area contributed by atoms with Crippen LogP contribution in [0.3, 0.4) is 0 Å². The van der Waals surface area contributed by atoms with E-state index in [-0.39, 0.29) is 5.97 Å². The number of nitrogens with zero attached hydrogens (tertiary/aromatic N) is 2. The lowest BCUT2D eigenvalue weighted by atomic mass is 10.2. The highest BCUT2D eigenvalue weighted by Gasteiger charge is 2.17. The number of rotatable bonds is 3. The Balaban J connectivity index is 2.64. The van der Waals surface area contributed by atoms with Crippen LogP contribution in [0.4, 0.5) is 0 Å². The molecule has 0 saturated carbocycles. The summed E-state index contributed by atoms with van der Waals surface area (Å²) in [4.78, 5) is 11.7. The second kappa shape index (κ2) is 4.53. The first-order valence-electron chi connectivity index (χ1n) is 4.87. The molecule has 0 N–H and O–H groups in total. The third kappa shape index (κ3) is 1.76. The average molecular weight is 239 g/mol. The smallest absolute Gasteiger partial charge is 0.356 e. The molecule has 84 valence electrons. The van der Waals surface area contributed by atoms with E-state index in [1.807, 2.05) is 24.3 Å². The first-order valence-corrected chi connectivity index (χ1v) is 5.41. The van der Waals surface area contributed by atoms with Crippen LogP contribution in [0.15, 0.2) is 24.3 Å². The molecule has 1 aromatic heterocycles. The highest BCUT2D eigenvalue weighted by Crippen LogP contribution is 2.18. The molecule has 1 heterocycles. The van der Waals surface area contributed by atoms with Crippen molar-refractivity contribution in [2.45, 2.75) is 6.54 Å². The van der Waals surface area contributed by atoms with Gasteiger partial charge in [0.25, 0.3) is 0 Å². The number of carbonyl (C=O) groups is 1. The van der Waals surface area contributed by atoms with Gasteiger partial charge in [-0.05, 0) is 6.07 Å². The van der Waals surface area contributed by atoms with Crippen molar-refractivity contribution >= 4 is 28.5 Å². The number of aromatic nitrogens is 2. The Bertz CT molecular complexity index is 522. The molecule has 16 heavy (non-hydrogen) atoms. The minimum atomic E-state index is -0.390. The summed E-state index contributed by atoms with van der Waals surface area (Å²) in [5, 5.41) is 5.09. The maximum Gasteiger partial charge on any atom is 0.356 e. The second-order valence-electron chi connectivity index (χ2n) is 3.27. The number of hydrogen-bond donors (Lipinski definition) is 0. The molecule has 0 saturated heterocycles. The number of benzene rings is 1. The fraction of sp³-hybridized carbons (Fsp3) is 0.273. The van der Waals surface area contributed by atoms with Gasteiger partial charge >= 0.3 is 5.97 Å². The molecule has 0 atom stereocenters.